The van der Waals surface area contributed by atoms with Gasteiger partial charge in [-0.3, -0.25) is 4.79 Å². The van der Waals surface area contributed by atoms with Gasteiger partial charge in [0.2, 0.25) is 0 Å². The van der Waals surface area contributed by atoms with Gasteiger partial charge in [0.05, 0.1) is 0 Å². The summed E-state index contributed by atoms with van der Waals surface area (Å²) in [5.74, 6) is -0.00302. The quantitative estimate of drug-likeness (QED) is 0.809. The van der Waals surface area contributed by atoms with E-state index >= 15 is 0 Å². The number of aromatic amines is 1. The van der Waals surface area contributed by atoms with Crippen molar-refractivity contribution in [1.82, 2.24) is 10.3 Å². The maximum Gasteiger partial charge on any atom is 0.256 e. The summed E-state index contributed by atoms with van der Waals surface area (Å²) in [6.07, 6.45) is 1.96. The van der Waals surface area contributed by atoms with E-state index in [2.05, 4.69) is 10.3 Å². The summed E-state index contributed by atoms with van der Waals surface area (Å²) >= 11 is 0. The molecule has 1 aliphatic rings. The number of benzene rings is 1. The third-order valence-corrected chi connectivity index (χ3v) is 3.63. The Morgan fingerprint density at radius 1 is 1.17 bits per heavy atom. The van der Waals surface area contributed by atoms with E-state index in [1.165, 1.54) is 6.07 Å². The number of nitrogens with one attached hydrogen (secondary N) is 2. The summed E-state index contributed by atoms with van der Waals surface area (Å²) in [7, 11) is 0. The van der Waals surface area contributed by atoms with Gasteiger partial charge < -0.3 is 10.3 Å². The molecule has 0 bridgehead atoms. The Labute approximate surface area is 104 Å². The number of rotatable bonds is 1. The van der Waals surface area contributed by atoms with Crippen LogP contribution < -0.4 is 10.9 Å². The molecular formula is C14H15FN2O. The fraction of sp³-hybridized carbons (Fsp3) is 0.357. The first-order valence-electron chi connectivity index (χ1n) is 6.28. The second-order valence-electron chi connectivity index (χ2n) is 4.78. The van der Waals surface area contributed by atoms with Gasteiger partial charge in [-0.05, 0) is 44.1 Å². The van der Waals surface area contributed by atoms with Crippen molar-refractivity contribution >= 4 is 10.8 Å². The van der Waals surface area contributed by atoms with Crippen LogP contribution in [0.4, 0.5) is 4.39 Å². The Kier molecular flexibility index (Phi) is 2.88. The van der Waals surface area contributed by atoms with E-state index in [9.17, 15) is 9.18 Å². The van der Waals surface area contributed by atoms with Gasteiger partial charge in [-0.1, -0.05) is 6.07 Å². The summed E-state index contributed by atoms with van der Waals surface area (Å²) in [5, 5.41) is 4.13. The van der Waals surface area contributed by atoms with Crippen LogP contribution in [0, 0.1) is 5.82 Å². The number of halogens is 1. The Hall–Kier alpha value is -1.68. The molecule has 1 aromatic heterocycles. The fourth-order valence-corrected chi connectivity index (χ4v) is 2.62. The standard InChI is InChI=1S/C14H15FN2O/c15-12-3-1-2-10-11(12)8-13(17-14(10)18)9-4-6-16-7-5-9/h1-3,8-9,16H,4-7H2,(H,17,18). The van der Waals surface area contributed by atoms with Crippen LogP contribution in [0.25, 0.3) is 10.8 Å². The summed E-state index contributed by atoms with van der Waals surface area (Å²) < 4.78 is 13.7. The van der Waals surface area contributed by atoms with Crippen LogP contribution in [-0.2, 0) is 0 Å². The highest BCUT2D eigenvalue weighted by Crippen LogP contribution is 2.25. The summed E-state index contributed by atoms with van der Waals surface area (Å²) in [6.45, 7) is 1.89. The van der Waals surface area contributed by atoms with Gasteiger partial charge in [-0.25, -0.2) is 4.39 Å². The topological polar surface area (TPSA) is 44.9 Å². The first kappa shape index (κ1) is 11.4. The SMILES string of the molecule is O=c1[nH]c(C2CCNCC2)cc2c(F)cccc12. The maximum absolute atomic E-state index is 13.7. The van der Waals surface area contributed by atoms with Crippen LogP contribution >= 0.6 is 0 Å². The van der Waals surface area contributed by atoms with Gasteiger partial charge in [0.15, 0.2) is 0 Å². The maximum atomic E-state index is 13.7. The number of fused-ring (bicyclic) bond motifs is 1. The predicted octanol–water partition coefficient (Wildman–Crippen LogP) is 2.13. The highest BCUT2D eigenvalue weighted by atomic mass is 19.1. The highest BCUT2D eigenvalue weighted by molar-refractivity contribution is 5.82. The Morgan fingerprint density at radius 3 is 2.72 bits per heavy atom. The van der Waals surface area contributed by atoms with Crippen molar-refractivity contribution in [2.45, 2.75) is 18.8 Å². The molecule has 0 unspecified atom stereocenters. The minimum Gasteiger partial charge on any atom is -0.325 e. The molecule has 2 heterocycles. The molecule has 1 saturated heterocycles. The van der Waals surface area contributed by atoms with E-state index in [1.807, 2.05) is 0 Å². The van der Waals surface area contributed by atoms with E-state index in [1.54, 1.807) is 18.2 Å². The lowest BCUT2D eigenvalue weighted by atomic mass is 9.93. The number of hydrogen-bond acceptors (Lipinski definition) is 2. The second-order valence-corrected chi connectivity index (χ2v) is 4.78. The molecule has 0 atom stereocenters. The zero-order valence-corrected chi connectivity index (χ0v) is 10.0. The molecule has 1 aromatic carbocycles. The summed E-state index contributed by atoms with van der Waals surface area (Å²) in [6, 6.07) is 6.41. The van der Waals surface area contributed by atoms with Gasteiger partial charge in [0.1, 0.15) is 5.82 Å². The molecule has 0 spiro atoms. The Morgan fingerprint density at radius 2 is 1.94 bits per heavy atom. The summed E-state index contributed by atoms with van der Waals surface area (Å²) in [5.41, 5.74) is 0.666. The number of pyridine rings is 1. The molecule has 3 nitrogen and oxygen atoms in total. The molecule has 1 fully saturated rings. The van der Waals surface area contributed by atoms with Crippen LogP contribution in [0.5, 0.6) is 0 Å². The van der Waals surface area contributed by atoms with E-state index in [-0.39, 0.29) is 11.4 Å². The van der Waals surface area contributed by atoms with E-state index in [0.29, 0.717) is 16.7 Å². The first-order valence-corrected chi connectivity index (χ1v) is 6.28. The number of piperidine rings is 1. The van der Waals surface area contributed by atoms with Crippen molar-refractivity contribution in [3.8, 4) is 0 Å². The zero-order valence-electron chi connectivity index (χ0n) is 10.0. The van der Waals surface area contributed by atoms with E-state index < -0.39 is 0 Å². The average Bonchev–Trinajstić information content (AvgIpc) is 2.41. The van der Waals surface area contributed by atoms with Crippen LogP contribution in [0.3, 0.4) is 0 Å². The van der Waals surface area contributed by atoms with E-state index in [4.69, 9.17) is 0 Å². The molecule has 0 aliphatic carbocycles. The highest BCUT2D eigenvalue weighted by Gasteiger charge is 2.17. The molecule has 1 aliphatic heterocycles. The number of hydrogen-bond donors (Lipinski definition) is 2. The largest absolute Gasteiger partial charge is 0.325 e. The predicted molar refractivity (Wildman–Crippen MR) is 69.4 cm³/mol. The first-order chi connectivity index (χ1) is 8.75. The van der Waals surface area contributed by atoms with Crippen LogP contribution in [0.15, 0.2) is 29.1 Å². The molecule has 18 heavy (non-hydrogen) atoms. The Balaban J connectivity index is 2.14. The lowest BCUT2D eigenvalue weighted by Gasteiger charge is -2.22. The monoisotopic (exact) mass is 246 g/mol. The minimum atomic E-state index is -0.325. The molecule has 0 saturated carbocycles. The smallest absolute Gasteiger partial charge is 0.256 e. The molecule has 3 rings (SSSR count). The Bertz CT molecular complexity index is 629. The molecule has 2 aromatic rings. The van der Waals surface area contributed by atoms with Crippen molar-refractivity contribution in [3.63, 3.8) is 0 Å². The summed E-state index contributed by atoms with van der Waals surface area (Å²) in [4.78, 5) is 14.9. The molecule has 0 radical (unpaired) electrons. The number of H-pyrrole nitrogens is 1. The minimum absolute atomic E-state index is 0.194. The fourth-order valence-electron chi connectivity index (χ4n) is 2.62. The molecular weight excluding hydrogens is 231 g/mol. The lowest BCUT2D eigenvalue weighted by Crippen LogP contribution is -2.28. The molecule has 94 valence electrons. The van der Waals surface area contributed by atoms with Gasteiger partial charge in [0, 0.05) is 22.4 Å². The van der Waals surface area contributed by atoms with Gasteiger partial charge >= 0.3 is 0 Å². The molecule has 2 N–H and O–H groups in total. The van der Waals surface area contributed by atoms with Crippen molar-refractivity contribution in [2.24, 2.45) is 0 Å². The van der Waals surface area contributed by atoms with Gasteiger partial charge in [0.25, 0.3) is 5.56 Å². The zero-order chi connectivity index (χ0) is 12.5. The van der Waals surface area contributed by atoms with E-state index in [0.717, 1.165) is 31.6 Å². The molecule has 0 amide bonds. The average molecular weight is 246 g/mol. The normalized spacial score (nSPS) is 17.2. The van der Waals surface area contributed by atoms with Crippen molar-refractivity contribution in [1.29, 1.82) is 0 Å². The van der Waals surface area contributed by atoms with Crippen LogP contribution in [-0.4, -0.2) is 18.1 Å². The van der Waals surface area contributed by atoms with Crippen molar-refractivity contribution in [2.75, 3.05) is 13.1 Å². The van der Waals surface area contributed by atoms with Crippen molar-refractivity contribution in [3.05, 3.63) is 46.1 Å². The van der Waals surface area contributed by atoms with Crippen LogP contribution in [0.2, 0.25) is 0 Å². The second kappa shape index (κ2) is 4.53. The van der Waals surface area contributed by atoms with Crippen molar-refractivity contribution < 1.29 is 4.39 Å². The molecule has 4 heteroatoms. The van der Waals surface area contributed by atoms with Gasteiger partial charge in [-0.2, -0.15) is 0 Å². The lowest BCUT2D eigenvalue weighted by molar-refractivity contribution is 0.453. The third kappa shape index (κ3) is 1.93. The number of aromatic nitrogens is 1. The van der Waals surface area contributed by atoms with Gasteiger partial charge in [-0.15, -0.1) is 0 Å². The van der Waals surface area contributed by atoms with Crippen LogP contribution in [0.1, 0.15) is 24.5 Å². The third-order valence-electron chi connectivity index (χ3n) is 3.63.